The fraction of sp³-hybridized carbons (Fsp3) is 0.217. The van der Waals surface area contributed by atoms with Gasteiger partial charge in [0.25, 0.3) is 5.91 Å². The number of carbonyl (C=O) groups excluding carboxylic acids is 1. The summed E-state index contributed by atoms with van der Waals surface area (Å²) in [4.78, 5) is 21.9. The van der Waals surface area contributed by atoms with E-state index in [1.165, 1.54) is 5.56 Å². The molecule has 2 heterocycles. The summed E-state index contributed by atoms with van der Waals surface area (Å²) < 4.78 is 0. The minimum absolute atomic E-state index is 0.0759. The van der Waals surface area contributed by atoms with Crippen LogP contribution in [0.5, 0.6) is 0 Å². The molecule has 0 saturated heterocycles. The van der Waals surface area contributed by atoms with E-state index in [2.05, 4.69) is 33.4 Å². The SMILES string of the molecule is CN(C)c1ccc(NC(=O)C(c2ccccc2)N2CCc3ccccc32)nc1. The highest BCUT2D eigenvalue weighted by atomic mass is 16.2. The van der Waals surface area contributed by atoms with Crippen LogP contribution in [0.3, 0.4) is 0 Å². The molecule has 1 amide bonds. The molecule has 0 aliphatic carbocycles. The molecule has 1 aliphatic rings. The Balaban J connectivity index is 1.64. The Morgan fingerprint density at radius 3 is 2.50 bits per heavy atom. The van der Waals surface area contributed by atoms with Crippen LogP contribution in [-0.2, 0) is 11.2 Å². The topological polar surface area (TPSA) is 48.5 Å². The van der Waals surface area contributed by atoms with Gasteiger partial charge in [0.05, 0.1) is 11.9 Å². The van der Waals surface area contributed by atoms with Gasteiger partial charge in [-0.1, -0.05) is 48.5 Å². The molecule has 28 heavy (non-hydrogen) atoms. The lowest BCUT2D eigenvalue weighted by molar-refractivity contribution is -0.117. The van der Waals surface area contributed by atoms with Gasteiger partial charge in [0, 0.05) is 26.3 Å². The van der Waals surface area contributed by atoms with E-state index in [1.54, 1.807) is 6.20 Å². The van der Waals surface area contributed by atoms with E-state index in [-0.39, 0.29) is 5.91 Å². The molecule has 4 rings (SSSR count). The number of fused-ring (bicyclic) bond motifs is 1. The van der Waals surface area contributed by atoms with Crippen LogP contribution in [0.15, 0.2) is 72.9 Å². The van der Waals surface area contributed by atoms with Gasteiger partial charge < -0.3 is 15.1 Å². The van der Waals surface area contributed by atoms with Gasteiger partial charge in [-0.15, -0.1) is 0 Å². The van der Waals surface area contributed by atoms with E-state index < -0.39 is 6.04 Å². The molecule has 1 atom stereocenters. The molecule has 1 aliphatic heterocycles. The summed E-state index contributed by atoms with van der Waals surface area (Å²) >= 11 is 0. The minimum Gasteiger partial charge on any atom is -0.376 e. The Morgan fingerprint density at radius 2 is 1.79 bits per heavy atom. The van der Waals surface area contributed by atoms with E-state index in [9.17, 15) is 4.79 Å². The molecule has 3 aromatic rings. The van der Waals surface area contributed by atoms with Crippen molar-refractivity contribution in [1.82, 2.24) is 4.98 Å². The van der Waals surface area contributed by atoms with Gasteiger partial charge >= 0.3 is 0 Å². The lowest BCUT2D eigenvalue weighted by Crippen LogP contribution is -2.36. The Labute approximate surface area is 165 Å². The van der Waals surface area contributed by atoms with Crippen LogP contribution in [0.4, 0.5) is 17.2 Å². The van der Waals surface area contributed by atoms with Gasteiger partial charge in [-0.05, 0) is 35.7 Å². The fourth-order valence-corrected chi connectivity index (χ4v) is 3.66. The van der Waals surface area contributed by atoms with Gasteiger partial charge in [0.15, 0.2) is 0 Å². The lowest BCUT2D eigenvalue weighted by Gasteiger charge is -2.29. The number of para-hydroxylation sites is 1. The van der Waals surface area contributed by atoms with Crippen LogP contribution in [-0.4, -0.2) is 31.5 Å². The highest BCUT2D eigenvalue weighted by Crippen LogP contribution is 2.35. The number of amides is 1. The third-order valence-electron chi connectivity index (χ3n) is 5.11. The van der Waals surface area contributed by atoms with Crippen molar-refractivity contribution in [2.45, 2.75) is 12.5 Å². The third kappa shape index (κ3) is 3.56. The van der Waals surface area contributed by atoms with Crippen molar-refractivity contribution < 1.29 is 4.79 Å². The molecule has 2 aromatic carbocycles. The monoisotopic (exact) mass is 372 g/mol. The zero-order valence-corrected chi connectivity index (χ0v) is 16.2. The van der Waals surface area contributed by atoms with Gasteiger partial charge in [-0.3, -0.25) is 4.79 Å². The predicted molar refractivity (Wildman–Crippen MR) is 114 cm³/mol. The first kappa shape index (κ1) is 18.0. The Morgan fingerprint density at radius 1 is 1.04 bits per heavy atom. The smallest absolute Gasteiger partial charge is 0.252 e. The van der Waals surface area contributed by atoms with Crippen LogP contribution < -0.4 is 15.1 Å². The molecule has 1 aromatic heterocycles. The van der Waals surface area contributed by atoms with Gasteiger partial charge in [0.1, 0.15) is 11.9 Å². The average Bonchev–Trinajstić information content (AvgIpc) is 3.13. The zero-order chi connectivity index (χ0) is 19.5. The van der Waals surface area contributed by atoms with Crippen molar-refractivity contribution in [1.29, 1.82) is 0 Å². The number of nitrogens with zero attached hydrogens (tertiary/aromatic N) is 3. The van der Waals surface area contributed by atoms with Crippen molar-refractivity contribution in [3.8, 4) is 0 Å². The zero-order valence-electron chi connectivity index (χ0n) is 16.2. The van der Waals surface area contributed by atoms with Crippen molar-refractivity contribution in [3.05, 3.63) is 84.1 Å². The maximum atomic E-state index is 13.3. The predicted octanol–water partition coefficient (Wildman–Crippen LogP) is 3.89. The summed E-state index contributed by atoms with van der Waals surface area (Å²) in [6, 6.07) is 21.6. The number of aromatic nitrogens is 1. The van der Waals surface area contributed by atoms with E-state index in [0.29, 0.717) is 5.82 Å². The van der Waals surface area contributed by atoms with Gasteiger partial charge in [-0.25, -0.2) is 4.98 Å². The molecular formula is C23H24N4O. The number of rotatable bonds is 5. The molecule has 0 radical (unpaired) electrons. The highest BCUT2D eigenvalue weighted by molar-refractivity contribution is 5.97. The van der Waals surface area contributed by atoms with Crippen LogP contribution in [0, 0.1) is 0 Å². The third-order valence-corrected chi connectivity index (χ3v) is 5.11. The first-order valence-electron chi connectivity index (χ1n) is 9.47. The summed E-state index contributed by atoms with van der Waals surface area (Å²) in [7, 11) is 3.93. The second-order valence-corrected chi connectivity index (χ2v) is 7.17. The number of nitrogens with one attached hydrogen (secondary N) is 1. The summed E-state index contributed by atoms with van der Waals surface area (Å²) in [5, 5.41) is 3.00. The van der Waals surface area contributed by atoms with E-state index in [4.69, 9.17) is 0 Å². The molecule has 0 saturated carbocycles. The number of carbonyl (C=O) groups is 1. The van der Waals surface area contributed by atoms with Crippen LogP contribution in [0.1, 0.15) is 17.2 Å². The number of benzene rings is 2. The number of hydrogen-bond donors (Lipinski definition) is 1. The Hall–Kier alpha value is -3.34. The molecule has 1 N–H and O–H groups in total. The fourth-order valence-electron chi connectivity index (χ4n) is 3.66. The Bertz CT molecular complexity index is 954. The summed E-state index contributed by atoms with van der Waals surface area (Å²) in [5.74, 6) is 0.483. The molecule has 5 nitrogen and oxygen atoms in total. The van der Waals surface area contributed by atoms with Crippen LogP contribution >= 0.6 is 0 Å². The van der Waals surface area contributed by atoms with Crippen LogP contribution in [0.2, 0.25) is 0 Å². The van der Waals surface area contributed by atoms with E-state index in [0.717, 1.165) is 29.9 Å². The maximum Gasteiger partial charge on any atom is 0.252 e. The molecule has 142 valence electrons. The first-order chi connectivity index (χ1) is 13.6. The first-order valence-corrected chi connectivity index (χ1v) is 9.47. The van der Waals surface area contributed by atoms with Gasteiger partial charge in [-0.2, -0.15) is 0 Å². The van der Waals surface area contributed by atoms with Crippen molar-refractivity contribution >= 4 is 23.1 Å². The second-order valence-electron chi connectivity index (χ2n) is 7.17. The summed E-state index contributed by atoms with van der Waals surface area (Å²) in [6.45, 7) is 0.819. The van der Waals surface area contributed by atoms with Crippen molar-refractivity contribution in [2.75, 3.05) is 35.8 Å². The molecular weight excluding hydrogens is 348 g/mol. The quantitative estimate of drug-likeness (QED) is 0.738. The highest BCUT2D eigenvalue weighted by Gasteiger charge is 2.32. The molecule has 1 unspecified atom stereocenters. The second kappa shape index (κ2) is 7.72. The van der Waals surface area contributed by atoms with Crippen LogP contribution in [0.25, 0.3) is 0 Å². The molecule has 0 spiro atoms. The largest absolute Gasteiger partial charge is 0.376 e. The summed E-state index contributed by atoms with van der Waals surface area (Å²) in [5.41, 5.74) is 4.37. The lowest BCUT2D eigenvalue weighted by atomic mass is 10.0. The Kier molecular flexibility index (Phi) is 4.98. The van der Waals surface area contributed by atoms with Crippen molar-refractivity contribution in [3.63, 3.8) is 0 Å². The number of anilines is 3. The summed E-state index contributed by atoms with van der Waals surface area (Å²) in [6.07, 6.45) is 2.71. The minimum atomic E-state index is -0.403. The van der Waals surface area contributed by atoms with Gasteiger partial charge in [0.2, 0.25) is 0 Å². The standard InChI is InChI=1S/C23H24N4O/c1-26(2)19-12-13-21(24-16-19)25-23(28)22(18-9-4-3-5-10-18)27-15-14-17-8-6-7-11-20(17)27/h3-13,16,22H,14-15H2,1-2H3,(H,24,25,28). The van der Waals surface area contributed by atoms with E-state index in [1.807, 2.05) is 67.5 Å². The van der Waals surface area contributed by atoms with E-state index >= 15 is 0 Å². The number of pyridine rings is 1. The molecule has 5 heteroatoms. The normalized spacial score (nSPS) is 13.7. The maximum absolute atomic E-state index is 13.3. The number of hydrogen-bond acceptors (Lipinski definition) is 4. The molecule has 0 fully saturated rings. The van der Waals surface area contributed by atoms with Crippen molar-refractivity contribution in [2.24, 2.45) is 0 Å². The average molecular weight is 372 g/mol. The molecule has 0 bridgehead atoms.